The molecule has 1 aliphatic heterocycles. The lowest BCUT2D eigenvalue weighted by atomic mass is 10.1. The Balaban J connectivity index is 2.19. The molecule has 1 aromatic carbocycles. The van der Waals surface area contributed by atoms with E-state index in [-0.39, 0.29) is 5.69 Å². The van der Waals surface area contributed by atoms with Crippen molar-refractivity contribution in [2.24, 2.45) is 0 Å². The van der Waals surface area contributed by atoms with Crippen molar-refractivity contribution in [2.45, 2.75) is 19.0 Å². The van der Waals surface area contributed by atoms with Gasteiger partial charge in [0.15, 0.2) is 0 Å². The molecule has 4 nitrogen and oxygen atoms in total. The van der Waals surface area contributed by atoms with Gasteiger partial charge in [-0.05, 0) is 18.9 Å². The lowest BCUT2D eigenvalue weighted by molar-refractivity contribution is -0.384. The van der Waals surface area contributed by atoms with Crippen LogP contribution in [0.2, 0.25) is 5.02 Å². The maximum Gasteiger partial charge on any atom is 0.271 e. The van der Waals surface area contributed by atoms with Crippen molar-refractivity contribution in [3.05, 3.63) is 33.3 Å². The number of rotatable bonds is 2. The first kappa shape index (κ1) is 12.1. The van der Waals surface area contributed by atoms with Gasteiger partial charge in [-0.25, -0.2) is 4.39 Å². The summed E-state index contributed by atoms with van der Waals surface area (Å²) in [6.45, 7) is 1.19. The first-order chi connectivity index (χ1) is 8.08. The zero-order valence-electron chi connectivity index (χ0n) is 9.10. The molecule has 0 aliphatic carbocycles. The Kier molecular flexibility index (Phi) is 3.47. The maximum atomic E-state index is 13.0. The molecule has 0 radical (unpaired) electrons. The average molecular weight is 259 g/mol. The minimum atomic E-state index is -0.747. The monoisotopic (exact) mass is 258 g/mol. The summed E-state index contributed by atoms with van der Waals surface area (Å²) in [6.07, 6.45) is 0.212. The third-order valence-electron chi connectivity index (χ3n) is 2.91. The molecule has 1 aliphatic rings. The fourth-order valence-corrected chi connectivity index (χ4v) is 2.25. The van der Waals surface area contributed by atoms with Gasteiger partial charge in [0.1, 0.15) is 6.17 Å². The Morgan fingerprint density at radius 1 is 1.41 bits per heavy atom. The van der Waals surface area contributed by atoms with E-state index in [9.17, 15) is 14.5 Å². The normalized spacial score (nSPS) is 17.2. The van der Waals surface area contributed by atoms with Crippen molar-refractivity contribution in [3.63, 3.8) is 0 Å². The lowest BCUT2D eigenvalue weighted by Crippen LogP contribution is -2.34. The highest BCUT2D eigenvalue weighted by Crippen LogP contribution is 2.31. The van der Waals surface area contributed by atoms with Crippen molar-refractivity contribution in [2.75, 3.05) is 18.0 Å². The molecular formula is C11H12ClFN2O2. The number of nitro benzene ring substituents is 1. The molecule has 17 heavy (non-hydrogen) atoms. The highest BCUT2D eigenvalue weighted by molar-refractivity contribution is 6.33. The molecule has 92 valence electrons. The molecule has 0 amide bonds. The van der Waals surface area contributed by atoms with E-state index in [1.807, 2.05) is 4.90 Å². The predicted molar refractivity (Wildman–Crippen MR) is 64.4 cm³/mol. The second-order valence-electron chi connectivity index (χ2n) is 4.05. The number of hydrogen-bond donors (Lipinski definition) is 0. The van der Waals surface area contributed by atoms with Crippen LogP contribution in [-0.2, 0) is 0 Å². The molecule has 0 bridgehead atoms. The zero-order valence-corrected chi connectivity index (χ0v) is 9.86. The van der Waals surface area contributed by atoms with Crippen LogP contribution in [0.25, 0.3) is 0 Å². The SMILES string of the molecule is O=[N+]([O-])c1ccc(N2CCC(F)CC2)c(Cl)c1. The largest absolute Gasteiger partial charge is 0.370 e. The van der Waals surface area contributed by atoms with E-state index in [1.54, 1.807) is 6.07 Å². The molecule has 1 heterocycles. The van der Waals surface area contributed by atoms with E-state index in [1.165, 1.54) is 12.1 Å². The van der Waals surface area contributed by atoms with Gasteiger partial charge in [-0.15, -0.1) is 0 Å². The smallest absolute Gasteiger partial charge is 0.271 e. The Bertz CT molecular complexity index is 433. The molecule has 0 atom stereocenters. The van der Waals surface area contributed by atoms with E-state index in [0.717, 1.165) is 5.69 Å². The first-order valence-electron chi connectivity index (χ1n) is 5.41. The van der Waals surface area contributed by atoms with Crippen molar-refractivity contribution in [1.29, 1.82) is 0 Å². The Morgan fingerprint density at radius 3 is 2.59 bits per heavy atom. The summed E-state index contributed by atoms with van der Waals surface area (Å²) < 4.78 is 13.0. The topological polar surface area (TPSA) is 46.4 Å². The zero-order chi connectivity index (χ0) is 12.4. The number of benzene rings is 1. The number of nitrogens with zero attached hydrogens (tertiary/aromatic N) is 2. The van der Waals surface area contributed by atoms with E-state index in [0.29, 0.717) is 31.0 Å². The van der Waals surface area contributed by atoms with Gasteiger partial charge in [0, 0.05) is 25.2 Å². The summed E-state index contributed by atoms with van der Waals surface area (Å²) in [5, 5.41) is 10.9. The van der Waals surface area contributed by atoms with Crippen molar-refractivity contribution >= 4 is 23.0 Å². The van der Waals surface area contributed by atoms with Gasteiger partial charge in [0.2, 0.25) is 0 Å². The second-order valence-corrected chi connectivity index (χ2v) is 4.46. The maximum absolute atomic E-state index is 13.0. The molecule has 0 saturated carbocycles. The van der Waals surface area contributed by atoms with Gasteiger partial charge in [0.25, 0.3) is 5.69 Å². The quantitative estimate of drug-likeness (QED) is 0.605. The highest BCUT2D eigenvalue weighted by Gasteiger charge is 2.21. The van der Waals surface area contributed by atoms with Gasteiger partial charge < -0.3 is 4.90 Å². The van der Waals surface area contributed by atoms with Crippen LogP contribution in [0, 0.1) is 10.1 Å². The average Bonchev–Trinajstić information content (AvgIpc) is 2.30. The van der Waals surface area contributed by atoms with Gasteiger partial charge in [-0.3, -0.25) is 10.1 Å². The number of nitro groups is 1. The molecule has 2 rings (SSSR count). The first-order valence-corrected chi connectivity index (χ1v) is 5.78. The number of non-ortho nitro benzene ring substituents is 1. The highest BCUT2D eigenvalue weighted by atomic mass is 35.5. The van der Waals surface area contributed by atoms with Crippen LogP contribution in [0.5, 0.6) is 0 Å². The molecule has 1 aromatic rings. The van der Waals surface area contributed by atoms with Gasteiger partial charge in [0.05, 0.1) is 15.6 Å². The van der Waals surface area contributed by atoms with Crippen LogP contribution in [0.1, 0.15) is 12.8 Å². The Labute approximate surface area is 103 Å². The van der Waals surface area contributed by atoms with Crippen LogP contribution < -0.4 is 4.90 Å². The molecule has 1 fully saturated rings. The minimum absolute atomic E-state index is 0.0286. The lowest BCUT2D eigenvalue weighted by Gasteiger charge is -2.31. The van der Waals surface area contributed by atoms with Crippen molar-refractivity contribution in [1.82, 2.24) is 0 Å². The van der Waals surface area contributed by atoms with Crippen LogP contribution >= 0.6 is 11.6 Å². The number of halogens is 2. The third-order valence-corrected chi connectivity index (χ3v) is 3.21. The van der Waals surface area contributed by atoms with E-state index < -0.39 is 11.1 Å². The van der Waals surface area contributed by atoms with Gasteiger partial charge in [-0.2, -0.15) is 0 Å². The standard InChI is InChI=1S/C11H12ClFN2O2/c12-10-7-9(15(16)17)1-2-11(10)14-5-3-8(13)4-6-14/h1-2,7-8H,3-6H2. The third kappa shape index (κ3) is 2.66. The van der Waals surface area contributed by atoms with E-state index in [4.69, 9.17) is 11.6 Å². The molecule has 6 heteroatoms. The second kappa shape index (κ2) is 4.87. The number of anilines is 1. The summed E-state index contributed by atoms with van der Waals surface area (Å²) in [7, 11) is 0. The number of piperidine rings is 1. The molecule has 0 aromatic heterocycles. The molecule has 0 N–H and O–H groups in total. The summed E-state index contributed by atoms with van der Waals surface area (Å²) >= 11 is 6.00. The fourth-order valence-electron chi connectivity index (χ4n) is 1.95. The summed E-state index contributed by atoms with van der Waals surface area (Å²) in [5.41, 5.74) is 0.711. The molecule has 0 spiro atoms. The summed E-state index contributed by atoms with van der Waals surface area (Å²) in [5.74, 6) is 0. The molecule has 1 saturated heterocycles. The predicted octanol–water partition coefficient (Wildman–Crippen LogP) is 3.19. The van der Waals surface area contributed by atoms with Crippen LogP contribution in [0.3, 0.4) is 0 Å². The van der Waals surface area contributed by atoms with Gasteiger partial charge >= 0.3 is 0 Å². The Hall–Kier alpha value is -1.36. The number of hydrogen-bond acceptors (Lipinski definition) is 3. The van der Waals surface area contributed by atoms with Gasteiger partial charge in [-0.1, -0.05) is 11.6 Å². The van der Waals surface area contributed by atoms with Crippen LogP contribution in [0.15, 0.2) is 18.2 Å². The van der Waals surface area contributed by atoms with Crippen LogP contribution in [-0.4, -0.2) is 24.2 Å². The summed E-state index contributed by atoms with van der Waals surface area (Å²) in [4.78, 5) is 12.0. The van der Waals surface area contributed by atoms with E-state index in [2.05, 4.69) is 0 Å². The fraction of sp³-hybridized carbons (Fsp3) is 0.455. The molecular weight excluding hydrogens is 247 g/mol. The Morgan fingerprint density at radius 2 is 2.06 bits per heavy atom. The van der Waals surface area contributed by atoms with Crippen LogP contribution in [0.4, 0.5) is 15.8 Å². The van der Waals surface area contributed by atoms with Crippen molar-refractivity contribution < 1.29 is 9.31 Å². The number of alkyl halides is 1. The summed E-state index contributed by atoms with van der Waals surface area (Å²) in [6, 6.07) is 4.38. The van der Waals surface area contributed by atoms with Crippen molar-refractivity contribution in [3.8, 4) is 0 Å². The van der Waals surface area contributed by atoms with E-state index >= 15 is 0 Å². The minimum Gasteiger partial charge on any atom is -0.370 e. The molecule has 0 unspecified atom stereocenters.